The van der Waals surface area contributed by atoms with Crippen LogP contribution in [0.5, 0.6) is 0 Å². The van der Waals surface area contributed by atoms with E-state index in [0.29, 0.717) is 39.5 Å². The monoisotopic (exact) mass is 830 g/mol. The van der Waals surface area contributed by atoms with Crippen molar-refractivity contribution in [3.63, 3.8) is 0 Å². The summed E-state index contributed by atoms with van der Waals surface area (Å²) in [6.45, 7) is 6.90. The molecule has 0 saturated carbocycles. The van der Waals surface area contributed by atoms with E-state index in [4.69, 9.17) is 19.4 Å². The summed E-state index contributed by atoms with van der Waals surface area (Å²) < 4.78 is 11.3. The number of aromatic amines is 2. The van der Waals surface area contributed by atoms with Gasteiger partial charge in [-0.2, -0.15) is 0 Å². The van der Waals surface area contributed by atoms with Crippen LogP contribution in [0.4, 0.5) is 0 Å². The van der Waals surface area contributed by atoms with Crippen molar-refractivity contribution in [3.8, 4) is 33.6 Å². The molecule has 2 N–H and O–H groups in total. The Labute approximate surface area is 362 Å². The third kappa shape index (κ3) is 8.23. The van der Waals surface area contributed by atoms with Gasteiger partial charge in [0.15, 0.2) is 0 Å². The third-order valence-corrected chi connectivity index (χ3v) is 13.1. The molecule has 4 aliphatic heterocycles. The number of ether oxygens (including phenoxy) is 2. The Morgan fingerprint density at radius 1 is 0.500 bits per heavy atom. The molecule has 4 saturated heterocycles. The maximum atomic E-state index is 14.4. The molecule has 2 unspecified atom stereocenters. The van der Waals surface area contributed by atoms with E-state index in [2.05, 4.69) is 92.6 Å². The lowest BCUT2D eigenvalue weighted by molar-refractivity contribution is -0.141. The van der Waals surface area contributed by atoms with E-state index >= 15 is 0 Å². The van der Waals surface area contributed by atoms with Crippen LogP contribution in [0.2, 0.25) is 0 Å². The van der Waals surface area contributed by atoms with Crippen molar-refractivity contribution >= 4 is 11.8 Å². The Morgan fingerprint density at radius 2 is 0.871 bits per heavy atom. The molecule has 318 valence electrons. The highest BCUT2D eigenvalue weighted by atomic mass is 16.5. The van der Waals surface area contributed by atoms with Crippen LogP contribution in [0.25, 0.3) is 33.6 Å². The normalized spacial score (nSPS) is 21.0. The zero-order chi connectivity index (χ0) is 41.8. The molecule has 4 fully saturated rings. The van der Waals surface area contributed by atoms with Gasteiger partial charge in [0.25, 0.3) is 0 Å². The highest BCUT2D eigenvalue weighted by molar-refractivity contribution is 5.85. The first-order valence-corrected chi connectivity index (χ1v) is 22.2. The molecule has 10 rings (SSSR count). The van der Waals surface area contributed by atoms with Gasteiger partial charge in [-0.05, 0) is 59.1 Å². The molecule has 62 heavy (non-hydrogen) atoms. The molecule has 0 radical (unpaired) electrons. The average Bonchev–Trinajstić information content (AvgIpc) is 4.19. The van der Waals surface area contributed by atoms with Gasteiger partial charge in [0, 0.05) is 39.3 Å². The largest absolute Gasteiger partial charge is 0.379 e. The summed E-state index contributed by atoms with van der Waals surface area (Å²) in [5, 5.41) is 0. The Hall–Kier alpha value is -5.92. The van der Waals surface area contributed by atoms with Crippen LogP contribution in [0.15, 0.2) is 122 Å². The molecular weight excluding hydrogens is 777 g/mol. The number of nitrogens with zero attached hydrogens (tertiary/aromatic N) is 6. The topological polar surface area (TPSA) is 123 Å². The van der Waals surface area contributed by atoms with Crippen molar-refractivity contribution in [1.29, 1.82) is 0 Å². The number of carbonyl (C=O) groups excluding carboxylic acids is 2. The summed E-state index contributed by atoms with van der Waals surface area (Å²) in [5.41, 5.74) is 8.22. The first-order valence-electron chi connectivity index (χ1n) is 22.2. The van der Waals surface area contributed by atoms with Crippen LogP contribution >= 0.6 is 0 Å². The summed E-state index contributed by atoms with van der Waals surface area (Å²) in [6.07, 6.45) is 7.42. The standard InChI is InChI=1S/C50H54N8O4/c59-49(45(39-9-3-1-4-10-39)55-25-29-61-30-26-55)57-23-7-13-43(57)47-51-33-41(53-47)37-19-15-35(16-20-37)36-17-21-38(22-18-36)42-34-52-48(54-42)44-14-8-24-58(44)50(60)46(40-11-5-2-6-12-40)56-27-31-62-32-28-56/h1-6,9-12,15-22,33-34,43-46H,7-8,13-14,23-32H2,(H,51,53)(H,52,54)/t43?,44?,45-,46-/m1/s1. The molecule has 12 heteroatoms. The number of imidazole rings is 2. The number of morpholine rings is 2. The number of likely N-dealkylation sites (tertiary alicyclic amines) is 2. The van der Waals surface area contributed by atoms with E-state index in [1.165, 1.54) is 0 Å². The summed E-state index contributed by atoms with van der Waals surface area (Å²) in [6, 6.07) is 36.5. The number of hydrogen-bond donors (Lipinski definition) is 2. The van der Waals surface area contributed by atoms with Gasteiger partial charge in [0.05, 0.1) is 62.3 Å². The van der Waals surface area contributed by atoms with E-state index < -0.39 is 0 Å². The number of hydrogen-bond acceptors (Lipinski definition) is 8. The lowest BCUT2D eigenvalue weighted by Gasteiger charge is -2.37. The smallest absolute Gasteiger partial charge is 0.245 e. The highest BCUT2D eigenvalue weighted by Crippen LogP contribution is 2.38. The van der Waals surface area contributed by atoms with Gasteiger partial charge >= 0.3 is 0 Å². The Balaban J connectivity index is 0.804. The Bertz CT molecular complexity index is 2250. The maximum Gasteiger partial charge on any atom is 0.245 e. The van der Waals surface area contributed by atoms with E-state index in [0.717, 1.165) is 108 Å². The van der Waals surface area contributed by atoms with Crippen LogP contribution in [0.1, 0.15) is 72.6 Å². The van der Waals surface area contributed by atoms with Crippen molar-refractivity contribution in [2.75, 3.05) is 65.7 Å². The van der Waals surface area contributed by atoms with Gasteiger partial charge in [-0.25, -0.2) is 9.97 Å². The van der Waals surface area contributed by atoms with Crippen molar-refractivity contribution in [3.05, 3.63) is 144 Å². The molecule has 6 aromatic rings. The van der Waals surface area contributed by atoms with Gasteiger partial charge in [0.2, 0.25) is 11.8 Å². The minimum atomic E-state index is -0.340. The predicted octanol–water partition coefficient (Wildman–Crippen LogP) is 7.61. The number of carbonyl (C=O) groups is 2. The number of benzene rings is 4. The molecule has 4 aliphatic rings. The van der Waals surface area contributed by atoms with Gasteiger partial charge in [-0.3, -0.25) is 19.4 Å². The summed E-state index contributed by atoms with van der Waals surface area (Å²) >= 11 is 0. The number of H-pyrrole nitrogens is 2. The van der Waals surface area contributed by atoms with Crippen LogP contribution in [0, 0.1) is 0 Å². The van der Waals surface area contributed by atoms with Crippen LogP contribution in [-0.2, 0) is 19.1 Å². The minimum absolute atomic E-state index is 0.0980. The van der Waals surface area contributed by atoms with Gasteiger partial charge in [-0.1, -0.05) is 109 Å². The second-order valence-corrected chi connectivity index (χ2v) is 16.8. The zero-order valence-corrected chi connectivity index (χ0v) is 35.1. The molecule has 2 aromatic heterocycles. The SMILES string of the molecule is O=C([C@@H](c1ccccc1)N1CCOCC1)N1CCCC1c1ncc(-c2ccc(-c3ccc(-c4cnc(C5CCCN5C(=O)[C@@H](c5ccccc5)N5CCOCC5)[nH]4)cc3)cc2)[nH]1. The quantitative estimate of drug-likeness (QED) is 0.137. The van der Waals surface area contributed by atoms with Crippen LogP contribution < -0.4 is 0 Å². The molecule has 0 spiro atoms. The van der Waals surface area contributed by atoms with Crippen molar-refractivity contribution in [1.82, 2.24) is 39.5 Å². The molecular formula is C50H54N8O4. The second kappa shape index (κ2) is 18.2. The summed E-state index contributed by atoms with van der Waals surface area (Å²) in [7, 11) is 0. The van der Waals surface area contributed by atoms with E-state index in [1.807, 2.05) is 58.6 Å². The number of amides is 2. The van der Waals surface area contributed by atoms with E-state index in [-0.39, 0.29) is 36.0 Å². The van der Waals surface area contributed by atoms with E-state index in [9.17, 15) is 9.59 Å². The van der Waals surface area contributed by atoms with Crippen LogP contribution in [0.3, 0.4) is 0 Å². The lowest BCUT2D eigenvalue weighted by Crippen LogP contribution is -2.47. The van der Waals surface area contributed by atoms with E-state index in [1.54, 1.807) is 0 Å². The summed E-state index contributed by atoms with van der Waals surface area (Å²) in [4.78, 5) is 54.1. The Kier molecular flexibility index (Phi) is 11.8. The van der Waals surface area contributed by atoms with Crippen molar-refractivity contribution in [2.24, 2.45) is 0 Å². The lowest BCUT2D eigenvalue weighted by atomic mass is 10.0. The zero-order valence-electron chi connectivity index (χ0n) is 35.1. The molecule has 4 aromatic carbocycles. The van der Waals surface area contributed by atoms with Gasteiger partial charge in [-0.15, -0.1) is 0 Å². The average molecular weight is 831 g/mol. The van der Waals surface area contributed by atoms with Gasteiger partial charge < -0.3 is 29.2 Å². The van der Waals surface area contributed by atoms with Crippen LogP contribution in [-0.4, -0.2) is 117 Å². The fourth-order valence-corrected chi connectivity index (χ4v) is 9.89. The highest BCUT2D eigenvalue weighted by Gasteiger charge is 2.40. The molecule has 2 amide bonds. The number of rotatable bonds is 11. The van der Waals surface area contributed by atoms with Crippen molar-refractivity contribution < 1.29 is 19.1 Å². The Morgan fingerprint density at radius 3 is 1.26 bits per heavy atom. The minimum Gasteiger partial charge on any atom is -0.379 e. The summed E-state index contributed by atoms with van der Waals surface area (Å²) in [5.74, 6) is 1.92. The number of nitrogens with one attached hydrogen (secondary N) is 2. The fourth-order valence-electron chi connectivity index (χ4n) is 9.89. The molecule has 0 bridgehead atoms. The van der Waals surface area contributed by atoms with Gasteiger partial charge in [0.1, 0.15) is 23.7 Å². The fraction of sp³-hybridized carbons (Fsp3) is 0.360. The first-order chi connectivity index (χ1) is 30.6. The second-order valence-electron chi connectivity index (χ2n) is 16.8. The first kappa shape index (κ1) is 40.2. The van der Waals surface area contributed by atoms with Crippen molar-refractivity contribution in [2.45, 2.75) is 49.9 Å². The third-order valence-electron chi connectivity index (χ3n) is 13.1. The molecule has 4 atom stereocenters. The molecule has 0 aliphatic carbocycles. The number of aromatic nitrogens is 4. The molecule has 6 heterocycles. The maximum absolute atomic E-state index is 14.4. The predicted molar refractivity (Wildman–Crippen MR) is 238 cm³/mol. The molecule has 12 nitrogen and oxygen atoms in total.